The Labute approximate surface area is 125 Å². The van der Waals surface area contributed by atoms with Crippen molar-refractivity contribution in [1.82, 2.24) is 9.55 Å². The molecular weight excluding hydrogens is 260 g/mol. The van der Waals surface area contributed by atoms with E-state index in [2.05, 4.69) is 33.8 Å². The molecule has 21 heavy (non-hydrogen) atoms. The fraction of sp³-hybridized carbons (Fsp3) is 0.444. The zero-order chi connectivity index (χ0) is 14.2. The fourth-order valence-corrected chi connectivity index (χ4v) is 3.79. The van der Waals surface area contributed by atoms with Gasteiger partial charge in [-0.15, -0.1) is 0 Å². The monoisotopic (exact) mass is 280 g/mol. The van der Waals surface area contributed by atoms with Crippen molar-refractivity contribution in [1.29, 1.82) is 0 Å². The minimum Gasteiger partial charge on any atom is -0.326 e. The highest BCUT2D eigenvalue weighted by Gasteiger charge is 2.26. The molecule has 1 aromatic carbocycles. The van der Waals surface area contributed by atoms with Gasteiger partial charge in [-0.2, -0.15) is 0 Å². The number of Topliss-reactive ketones (excluding diaryl/α,β-unsaturated/α-hetero) is 1. The van der Waals surface area contributed by atoms with Gasteiger partial charge in [0.1, 0.15) is 5.78 Å². The van der Waals surface area contributed by atoms with Crippen molar-refractivity contribution in [2.24, 2.45) is 5.92 Å². The lowest BCUT2D eigenvalue weighted by Gasteiger charge is -2.20. The first-order valence-corrected chi connectivity index (χ1v) is 7.98. The molecule has 0 unspecified atom stereocenters. The highest BCUT2D eigenvalue weighted by atomic mass is 16.1. The van der Waals surface area contributed by atoms with Crippen LogP contribution in [0.2, 0.25) is 0 Å². The van der Waals surface area contributed by atoms with Gasteiger partial charge >= 0.3 is 0 Å². The number of carbonyl (C=O) groups is 1. The first kappa shape index (κ1) is 12.8. The van der Waals surface area contributed by atoms with Crippen molar-refractivity contribution in [2.75, 3.05) is 0 Å². The predicted molar refractivity (Wildman–Crippen MR) is 82.1 cm³/mol. The molecule has 0 saturated heterocycles. The SMILES string of the molecule is O=C(Cc1ncn2c1-c1ccccc1C2)C1CCCCC1. The molecule has 108 valence electrons. The smallest absolute Gasteiger partial charge is 0.141 e. The standard InChI is InChI=1S/C18H20N2O/c21-17(13-6-2-1-3-7-13)10-16-18-15-9-5-4-8-14(15)11-20(18)12-19-16/h4-5,8-9,12-13H,1-3,6-7,10-11H2. The van der Waals surface area contributed by atoms with Crippen molar-refractivity contribution in [3.05, 3.63) is 41.9 Å². The Balaban J connectivity index is 1.60. The molecule has 1 aromatic heterocycles. The fourth-order valence-electron chi connectivity index (χ4n) is 3.79. The Bertz CT molecular complexity index is 680. The average molecular weight is 280 g/mol. The molecule has 0 atom stereocenters. The van der Waals surface area contributed by atoms with Crippen molar-refractivity contribution in [2.45, 2.75) is 45.1 Å². The maximum absolute atomic E-state index is 12.5. The maximum atomic E-state index is 12.5. The molecule has 2 aliphatic rings. The number of benzene rings is 1. The molecule has 0 bridgehead atoms. The van der Waals surface area contributed by atoms with E-state index in [4.69, 9.17) is 0 Å². The van der Waals surface area contributed by atoms with E-state index in [1.807, 2.05) is 6.33 Å². The largest absolute Gasteiger partial charge is 0.326 e. The molecule has 1 fully saturated rings. The van der Waals surface area contributed by atoms with Crippen LogP contribution in [0.15, 0.2) is 30.6 Å². The van der Waals surface area contributed by atoms with E-state index in [1.54, 1.807) is 0 Å². The van der Waals surface area contributed by atoms with E-state index in [1.165, 1.54) is 30.4 Å². The molecule has 0 radical (unpaired) electrons. The minimum absolute atomic E-state index is 0.271. The van der Waals surface area contributed by atoms with Crippen molar-refractivity contribution >= 4 is 5.78 Å². The van der Waals surface area contributed by atoms with Crippen LogP contribution < -0.4 is 0 Å². The second kappa shape index (κ2) is 5.14. The number of imidazole rings is 1. The predicted octanol–water partition coefficient (Wildman–Crippen LogP) is 3.60. The topological polar surface area (TPSA) is 34.9 Å². The van der Waals surface area contributed by atoms with Crippen LogP contribution in [0.4, 0.5) is 0 Å². The molecule has 2 aromatic rings. The van der Waals surface area contributed by atoms with Gasteiger partial charge < -0.3 is 4.57 Å². The zero-order valence-electron chi connectivity index (χ0n) is 12.2. The molecule has 2 heterocycles. The lowest BCUT2D eigenvalue weighted by atomic mass is 9.84. The van der Waals surface area contributed by atoms with Crippen LogP contribution >= 0.6 is 0 Å². The first-order chi connectivity index (χ1) is 10.3. The molecule has 0 spiro atoms. The molecule has 0 amide bonds. The van der Waals surface area contributed by atoms with E-state index < -0.39 is 0 Å². The quantitative estimate of drug-likeness (QED) is 0.734. The van der Waals surface area contributed by atoms with E-state index in [9.17, 15) is 4.79 Å². The number of nitrogens with zero attached hydrogens (tertiary/aromatic N) is 2. The van der Waals surface area contributed by atoms with Gasteiger partial charge in [0.05, 0.1) is 24.1 Å². The van der Waals surface area contributed by atoms with E-state index in [-0.39, 0.29) is 5.92 Å². The normalized spacial score (nSPS) is 17.5. The van der Waals surface area contributed by atoms with Crippen LogP contribution in [-0.4, -0.2) is 15.3 Å². The summed E-state index contributed by atoms with van der Waals surface area (Å²) in [5.74, 6) is 0.660. The Kier molecular flexibility index (Phi) is 3.13. The molecular formula is C18H20N2O. The summed E-state index contributed by atoms with van der Waals surface area (Å²) in [6.45, 7) is 0.885. The van der Waals surface area contributed by atoms with Crippen LogP contribution in [0.25, 0.3) is 11.3 Å². The molecule has 1 aliphatic heterocycles. The number of hydrogen-bond donors (Lipinski definition) is 0. The number of rotatable bonds is 3. The Morgan fingerprint density at radius 2 is 2.00 bits per heavy atom. The van der Waals surface area contributed by atoms with E-state index in [0.717, 1.165) is 30.8 Å². The summed E-state index contributed by atoms with van der Waals surface area (Å²) in [7, 11) is 0. The average Bonchev–Trinajstić information content (AvgIpc) is 3.08. The highest BCUT2D eigenvalue weighted by molar-refractivity contribution is 5.85. The van der Waals surface area contributed by atoms with Gasteiger partial charge in [0.2, 0.25) is 0 Å². The van der Waals surface area contributed by atoms with Gasteiger partial charge in [-0.25, -0.2) is 4.98 Å². The summed E-state index contributed by atoms with van der Waals surface area (Å²) in [6.07, 6.45) is 8.25. The first-order valence-electron chi connectivity index (χ1n) is 7.98. The molecule has 3 heteroatoms. The van der Waals surface area contributed by atoms with Gasteiger partial charge in [0.25, 0.3) is 0 Å². The van der Waals surface area contributed by atoms with Crippen LogP contribution in [0.1, 0.15) is 43.4 Å². The van der Waals surface area contributed by atoms with E-state index >= 15 is 0 Å². The number of fused-ring (bicyclic) bond motifs is 3. The summed E-state index contributed by atoms with van der Waals surface area (Å²) >= 11 is 0. The van der Waals surface area contributed by atoms with Gasteiger partial charge in [0.15, 0.2) is 0 Å². The third-order valence-corrected chi connectivity index (χ3v) is 4.93. The minimum atomic E-state index is 0.271. The molecule has 0 N–H and O–H groups in total. The van der Waals surface area contributed by atoms with Crippen LogP contribution in [0.5, 0.6) is 0 Å². The van der Waals surface area contributed by atoms with Crippen LogP contribution in [-0.2, 0) is 17.8 Å². The molecule has 1 saturated carbocycles. The van der Waals surface area contributed by atoms with Crippen molar-refractivity contribution in [3.8, 4) is 11.3 Å². The molecule has 4 rings (SSSR count). The number of aromatic nitrogens is 2. The van der Waals surface area contributed by atoms with Crippen molar-refractivity contribution in [3.63, 3.8) is 0 Å². The second-order valence-electron chi connectivity index (χ2n) is 6.30. The number of ketones is 1. The third kappa shape index (κ3) is 2.21. The number of carbonyl (C=O) groups excluding carboxylic acids is 1. The second-order valence-corrected chi connectivity index (χ2v) is 6.30. The summed E-state index contributed by atoms with van der Waals surface area (Å²) in [6, 6.07) is 8.44. The van der Waals surface area contributed by atoms with Gasteiger partial charge in [-0.05, 0) is 18.4 Å². The van der Waals surface area contributed by atoms with Gasteiger partial charge in [-0.1, -0.05) is 43.5 Å². The summed E-state index contributed by atoms with van der Waals surface area (Å²) in [4.78, 5) is 17.0. The van der Waals surface area contributed by atoms with Crippen molar-refractivity contribution < 1.29 is 4.79 Å². The lowest BCUT2D eigenvalue weighted by molar-refractivity contribution is -0.123. The Hall–Kier alpha value is -1.90. The zero-order valence-corrected chi connectivity index (χ0v) is 12.2. The van der Waals surface area contributed by atoms with Crippen LogP contribution in [0, 0.1) is 5.92 Å². The van der Waals surface area contributed by atoms with Crippen LogP contribution in [0.3, 0.4) is 0 Å². The Morgan fingerprint density at radius 1 is 1.19 bits per heavy atom. The van der Waals surface area contributed by atoms with Gasteiger partial charge in [-0.3, -0.25) is 4.79 Å². The maximum Gasteiger partial charge on any atom is 0.141 e. The lowest BCUT2D eigenvalue weighted by Crippen LogP contribution is -2.20. The van der Waals surface area contributed by atoms with Gasteiger partial charge in [0, 0.05) is 18.0 Å². The summed E-state index contributed by atoms with van der Waals surface area (Å²) in [5.41, 5.74) is 4.72. The summed E-state index contributed by atoms with van der Waals surface area (Å²) < 4.78 is 2.17. The Morgan fingerprint density at radius 3 is 2.86 bits per heavy atom. The van der Waals surface area contributed by atoms with E-state index in [0.29, 0.717) is 12.2 Å². The molecule has 1 aliphatic carbocycles. The third-order valence-electron chi connectivity index (χ3n) is 4.93. The highest BCUT2D eigenvalue weighted by Crippen LogP contribution is 2.35. The number of hydrogen-bond acceptors (Lipinski definition) is 2. The molecule has 3 nitrogen and oxygen atoms in total. The summed E-state index contributed by atoms with van der Waals surface area (Å²) in [5, 5.41) is 0.